The van der Waals surface area contributed by atoms with Crippen molar-refractivity contribution in [2.75, 3.05) is 46.9 Å². The molecule has 0 bridgehead atoms. The number of piperazine rings is 1. The number of methoxy groups -OCH3 is 2. The number of carbonyl (C=O) groups excluding carboxylic acids is 1. The van der Waals surface area contributed by atoms with Crippen LogP contribution >= 0.6 is 0 Å². The lowest BCUT2D eigenvalue weighted by atomic mass is 10.1. The van der Waals surface area contributed by atoms with E-state index in [1.807, 2.05) is 17.3 Å². The highest BCUT2D eigenvalue weighted by molar-refractivity contribution is 5.95. The predicted molar refractivity (Wildman–Crippen MR) is 108 cm³/mol. The van der Waals surface area contributed by atoms with E-state index in [1.165, 1.54) is 0 Å². The van der Waals surface area contributed by atoms with E-state index in [0.717, 1.165) is 45.1 Å². The van der Waals surface area contributed by atoms with Crippen molar-refractivity contribution in [2.24, 2.45) is 0 Å². The van der Waals surface area contributed by atoms with Crippen molar-refractivity contribution in [3.63, 3.8) is 0 Å². The first kappa shape index (κ1) is 20.2. The van der Waals surface area contributed by atoms with Crippen LogP contribution in [-0.4, -0.2) is 72.2 Å². The molecule has 0 spiro atoms. The zero-order chi connectivity index (χ0) is 20.1. The molecular formula is C21H30N4O3. The smallest absolute Gasteiger partial charge is 0.254 e. The Kier molecular flexibility index (Phi) is 6.57. The van der Waals surface area contributed by atoms with Crippen LogP contribution in [0.15, 0.2) is 30.6 Å². The Labute approximate surface area is 166 Å². The number of rotatable bonds is 7. The van der Waals surface area contributed by atoms with Gasteiger partial charge in [0.2, 0.25) is 0 Å². The van der Waals surface area contributed by atoms with E-state index in [1.54, 1.807) is 32.4 Å². The molecule has 0 aliphatic carbocycles. The van der Waals surface area contributed by atoms with Crippen LogP contribution in [0.25, 0.3) is 0 Å². The molecule has 0 saturated carbocycles. The fraction of sp³-hybridized carbons (Fsp3) is 0.524. The Balaban J connectivity index is 1.55. The molecule has 7 nitrogen and oxygen atoms in total. The molecule has 152 valence electrons. The molecule has 1 saturated heterocycles. The summed E-state index contributed by atoms with van der Waals surface area (Å²) in [5.41, 5.74) is 0.602. The topological polar surface area (TPSA) is 59.8 Å². The second-order valence-electron chi connectivity index (χ2n) is 7.37. The van der Waals surface area contributed by atoms with Crippen molar-refractivity contribution in [2.45, 2.75) is 26.3 Å². The highest BCUT2D eigenvalue weighted by Gasteiger charge is 2.23. The minimum atomic E-state index is 0.0218. The summed E-state index contributed by atoms with van der Waals surface area (Å²) in [4.78, 5) is 21.6. The van der Waals surface area contributed by atoms with Crippen LogP contribution in [0.5, 0.6) is 11.5 Å². The number of amides is 1. The molecule has 28 heavy (non-hydrogen) atoms. The van der Waals surface area contributed by atoms with Gasteiger partial charge in [0.05, 0.1) is 14.2 Å². The lowest BCUT2D eigenvalue weighted by Gasteiger charge is -2.35. The van der Waals surface area contributed by atoms with Gasteiger partial charge in [-0.25, -0.2) is 4.98 Å². The van der Waals surface area contributed by atoms with Gasteiger partial charge in [-0.2, -0.15) is 0 Å². The molecule has 0 atom stereocenters. The molecule has 1 aliphatic heterocycles. The Morgan fingerprint density at radius 3 is 2.25 bits per heavy atom. The summed E-state index contributed by atoms with van der Waals surface area (Å²) < 4.78 is 12.8. The Morgan fingerprint density at radius 1 is 1.04 bits per heavy atom. The molecular weight excluding hydrogens is 356 g/mol. The van der Waals surface area contributed by atoms with Crippen molar-refractivity contribution in [3.05, 3.63) is 42.0 Å². The van der Waals surface area contributed by atoms with Gasteiger partial charge in [-0.3, -0.25) is 9.69 Å². The first-order chi connectivity index (χ1) is 13.5. The summed E-state index contributed by atoms with van der Waals surface area (Å²) in [5.74, 6) is 2.82. The SMILES string of the molecule is COc1cc(OC)cc(C(=O)N2CCN(CCn3ccnc3C(C)C)CC2)c1. The summed E-state index contributed by atoms with van der Waals surface area (Å²) in [6.45, 7) is 9.41. The zero-order valence-electron chi connectivity index (χ0n) is 17.2. The second kappa shape index (κ2) is 9.10. The lowest BCUT2D eigenvalue weighted by molar-refractivity contribution is 0.0632. The average molecular weight is 386 g/mol. The number of carbonyl (C=O) groups is 1. The normalized spacial score (nSPS) is 15.1. The van der Waals surface area contributed by atoms with Crippen molar-refractivity contribution >= 4 is 5.91 Å². The van der Waals surface area contributed by atoms with Crippen LogP contribution in [0.1, 0.15) is 35.9 Å². The number of ether oxygens (including phenoxy) is 2. The fourth-order valence-corrected chi connectivity index (χ4v) is 3.55. The largest absolute Gasteiger partial charge is 0.497 e. The molecule has 2 aromatic rings. The number of benzene rings is 1. The minimum Gasteiger partial charge on any atom is -0.497 e. The van der Waals surface area contributed by atoms with E-state index in [4.69, 9.17) is 9.47 Å². The number of hydrogen-bond acceptors (Lipinski definition) is 5. The second-order valence-corrected chi connectivity index (χ2v) is 7.37. The maximum absolute atomic E-state index is 12.9. The summed E-state index contributed by atoms with van der Waals surface area (Å²) in [5, 5.41) is 0. The van der Waals surface area contributed by atoms with E-state index in [0.29, 0.717) is 23.0 Å². The summed E-state index contributed by atoms with van der Waals surface area (Å²) in [7, 11) is 3.18. The third kappa shape index (κ3) is 4.65. The third-order valence-electron chi connectivity index (χ3n) is 5.18. The number of aromatic nitrogens is 2. The van der Waals surface area contributed by atoms with Crippen molar-refractivity contribution < 1.29 is 14.3 Å². The van der Waals surface area contributed by atoms with E-state index >= 15 is 0 Å². The van der Waals surface area contributed by atoms with Gasteiger partial charge in [-0.05, 0) is 12.1 Å². The van der Waals surface area contributed by atoms with Gasteiger partial charge < -0.3 is 18.9 Å². The molecule has 1 fully saturated rings. The molecule has 0 unspecified atom stereocenters. The summed E-state index contributed by atoms with van der Waals surface area (Å²) >= 11 is 0. The summed E-state index contributed by atoms with van der Waals surface area (Å²) in [6.07, 6.45) is 3.92. The average Bonchev–Trinajstić information content (AvgIpc) is 3.20. The molecule has 1 amide bonds. The number of hydrogen-bond donors (Lipinski definition) is 0. The van der Waals surface area contributed by atoms with Crippen molar-refractivity contribution in [3.8, 4) is 11.5 Å². The third-order valence-corrected chi connectivity index (χ3v) is 5.18. The molecule has 2 heterocycles. The zero-order valence-corrected chi connectivity index (χ0v) is 17.2. The van der Waals surface area contributed by atoms with Gasteiger partial charge in [0.25, 0.3) is 5.91 Å². The maximum atomic E-state index is 12.9. The van der Waals surface area contributed by atoms with Gasteiger partial charge in [0.1, 0.15) is 17.3 Å². The Morgan fingerprint density at radius 2 is 1.68 bits per heavy atom. The first-order valence-corrected chi connectivity index (χ1v) is 9.77. The lowest BCUT2D eigenvalue weighted by Crippen LogP contribution is -2.49. The van der Waals surface area contributed by atoms with Crippen LogP contribution < -0.4 is 9.47 Å². The van der Waals surface area contributed by atoms with Crippen molar-refractivity contribution in [1.82, 2.24) is 19.4 Å². The van der Waals surface area contributed by atoms with Crippen LogP contribution in [-0.2, 0) is 6.54 Å². The molecule has 0 N–H and O–H groups in total. The standard InChI is InChI=1S/C21H30N4O3/c1-16(2)20-22-5-6-24(20)10-7-23-8-11-25(12-9-23)21(26)17-13-18(27-3)15-19(14-17)28-4/h5-6,13-16H,7-12H2,1-4H3. The highest BCUT2D eigenvalue weighted by atomic mass is 16.5. The molecule has 7 heteroatoms. The maximum Gasteiger partial charge on any atom is 0.254 e. The first-order valence-electron chi connectivity index (χ1n) is 9.77. The van der Waals surface area contributed by atoms with Crippen molar-refractivity contribution in [1.29, 1.82) is 0 Å². The summed E-state index contributed by atoms with van der Waals surface area (Å²) in [6, 6.07) is 5.31. The Bertz CT molecular complexity index is 772. The van der Waals surface area contributed by atoms with Crippen LogP contribution in [0.3, 0.4) is 0 Å². The fourth-order valence-electron chi connectivity index (χ4n) is 3.55. The van der Waals surface area contributed by atoms with Gasteiger partial charge in [0, 0.05) is 69.2 Å². The van der Waals surface area contributed by atoms with Crippen LogP contribution in [0, 0.1) is 0 Å². The van der Waals surface area contributed by atoms with Crippen LogP contribution in [0.4, 0.5) is 0 Å². The van der Waals surface area contributed by atoms with E-state index in [2.05, 4.69) is 28.3 Å². The molecule has 3 rings (SSSR count). The van der Waals surface area contributed by atoms with Gasteiger partial charge in [0.15, 0.2) is 0 Å². The molecule has 0 radical (unpaired) electrons. The van der Waals surface area contributed by atoms with Gasteiger partial charge >= 0.3 is 0 Å². The predicted octanol–water partition coefficient (Wildman–Crippen LogP) is 2.48. The molecule has 1 aliphatic rings. The highest BCUT2D eigenvalue weighted by Crippen LogP contribution is 2.24. The number of nitrogens with zero attached hydrogens (tertiary/aromatic N) is 4. The van der Waals surface area contributed by atoms with E-state index in [9.17, 15) is 4.79 Å². The molecule has 1 aromatic carbocycles. The van der Waals surface area contributed by atoms with E-state index in [-0.39, 0.29) is 5.91 Å². The van der Waals surface area contributed by atoms with Gasteiger partial charge in [-0.1, -0.05) is 13.8 Å². The van der Waals surface area contributed by atoms with Gasteiger partial charge in [-0.15, -0.1) is 0 Å². The quantitative estimate of drug-likeness (QED) is 0.732. The molecule has 1 aromatic heterocycles. The monoisotopic (exact) mass is 386 g/mol. The van der Waals surface area contributed by atoms with E-state index < -0.39 is 0 Å². The Hall–Kier alpha value is -2.54. The number of imidazole rings is 1. The minimum absolute atomic E-state index is 0.0218. The van der Waals surface area contributed by atoms with Crippen LogP contribution in [0.2, 0.25) is 0 Å².